The Labute approximate surface area is 162 Å². The number of amides is 2. The van der Waals surface area contributed by atoms with Crippen molar-refractivity contribution in [2.24, 2.45) is 0 Å². The number of carbonyl (C=O) groups is 2. The predicted molar refractivity (Wildman–Crippen MR) is 108 cm³/mol. The molecule has 0 aliphatic heterocycles. The summed E-state index contributed by atoms with van der Waals surface area (Å²) in [6, 6.07) is 14.8. The number of halogens is 1. The second-order valence-corrected chi connectivity index (χ2v) is 7.22. The van der Waals surface area contributed by atoms with Crippen LogP contribution >= 0.6 is 15.9 Å². The second kappa shape index (κ2) is 9.50. The number of hydrogen-bond acceptors (Lipinski definition) is 2. The monoisotopic (exact) mass is 418 g/mol. The van der Waals surface area contributed by atoms with Crippen LogP contribution in [0, 0.1) is 0 Å². The van der Waals surface area contributed by atoms with Gasteiger partial charge in [-0.1, -0.05) is 41.1 Å². The molecular formula is C20H25BrN3O2+. The molecule has 0 spiro atoms. The van der Waals surface area contributed by atoms with E-state index in [-0.39, 0.29) is 24.4 Å². The van der Waals surface area contributed by atoms with Gasteiger partial charge >= 0.3 is 0 Å². The Morgan fingerprint density at radius 2 is 1.73 bits per heavy atom. The van der Waals surface area contributed by atoms with Crippen LogP contribution in [0.25, 0.3) is 0 Å². The molecule has 0 saturated heterocycles. The lowest BCUT2D eigenvalue weighted by Crippen LogP contribution is -3.14. The summed E-state index contributed by atoms with van der Waals surface area (Å²) >= 11 is 3.37. The van der Waals surface area contributed by atoms with Crippen LogP contribution in [0.3, 0.4) is 0 Å². The fraction of sp³-hybridized carbons (Fsp3) is 0.300. The molecule has 0 aliphatic rings. The first-order valence-corrected chi connectivity index (χ1v) is 9.46. The Hall–Kier alpha value is -2.18. The van der Waals surface area contributed by atoms with Gasteiger partial charge in [-0.15, -0.1) is 0 Å². The Bertz CT molecular complexity index is 762. The van der Waals surface area contributed by atoms with Crippen molar-refractivity contribution in [1.82, 2.24) is 0 Å². The molecule has 1 unspecified atom stereocenters. The molecule has 5 nitrogen and oxygen atoms in total. The van der Waals surface area contributed by atoms with Gasteiger partial charge in [-0.2, -0.15) is 0 Å². The molecule has 0 heterocycles. The minimum atomic E-state index is -0.356. The lowest BCUT2D eigenvalue weighted by Gasteiger charge is -2.21. The third-order valence-electron chi connectivity index (χ3n) is 4.36. The van der Waals surface area contributed by atoms with Crippen molar-refractivity contribution in [1.29, 1.82) is 0 Å². The zero-order valence-corrected chi connectivity index (χ0v) is 16.9. The van der Waals surface area contributed by atoms with Crippen LogP contribution < -0.4 is 15.5 Å². The van der Waals surface area contributed by atoms with Gasteiger partial charge in [0.05, 0.1) is 7.05 Å². The number of benzene rings is 2. The van der Waals surface area contributed by atoms with Crippen molar-refractivity contribution in [2.45, 2.75) is 26.3 Å². The SMILES string of the molecule is CCc1ccccc1NC(=O)C[NH+](C)[C@@H](C)C(=O)Nc1ccc(Br)cc1. The molecule has 2 aromatic rings. The van der Waals surface area contributed by atoms with E-state index in [0.717, 1.165) is 32.7 Å². The molecule has 6 heteroatoms. The normalized spacial score (nSPS) is 12.9. The van der Waals surface area contributed by atoms with Gasteiger partial charge in [0.1, 0.15) is 0 Å². The van der Waals surface area contributed by atoms with Gasteiger partial charge in [0.25, 0.3) is 11.8 Å². The van der Waals surface area contributed by atoms with Gasteiger partial charge in [0.2, 0.25) is 0 Å². The molecule has 2 aromatic carbocycles. The maximum absolute atomic E-state index is 12.4. The zero-order valence-electron chi connectivity index (χ0n) is 15.3. The molecule has 3 N–H and O–H groups in total. The van der Waals surface area contributed by atoms with Gasteiger partial charge in [-0.25, -0.2) is 0 Å². The number of rotatable bonds is 7. The fourth-order valence-electron chi connectivity index (χ4n) is 2.56. The summed E-state index contributed by atoms with van der Waals surface area (Å²) in [6.07, 6.45) is 0.852. The van der Waals surface area contributed by atoms with Crippen LogP contribution in [0.2, 0.25) is 0 Å². The third-order valence-corrected chi connectivity index (χ3v) is 4.88. The summed E-state index contributed by atoms with van der Waals surface area (Å²) in [5.74, 6) is -0.224. The minimum absolute atomic E-state index is 0.105. The highest BCUT2D eigenvalue weighted by Crippen LogP contribution is 2.15. The van der Waals surface area contributed by atoms with Crippen molar-refractivity contribution < 1.29 is 14.5 Å². The smallest absolute Gasteiger partial charge is 0.282 e. The maximum Gasteiger partial charge on any atom is 0.282 e. The number of hydrogen-bond donors (Lipinski definition) is 3. The number of quaternary nitrogens is 1. The van der Waals surface area contributed by atoms with E-state index < -0.39 is 0 Å². The van der Waals surface area contributed by atoms with E-state index in [0.29, 0.717) is 0 Å². The van der Waals surface area contributed by atoms with Crippen molar-refractivity contribution >= 4 is 39.1 Å². The first kappa shape index (κ1) is 20.1. The predicted octanol–water partition coefficient (Wildman–Crippen LogP) is 2.49. The molecule has 0 fully saturated rings. The third kappa shape index (κ3) is 5.68. The Kier molecular flexibility index (Phi) is 7.36. The van der Waals surface area contributed by atoms with E-state index in [9.17, 15) is 9.59 Å². The van der Waals surface area contributed by atoms with E-state index >= 15 is 0 Å². The van der Waals surface area contributed by atoms with Crippen LogP contribution in [-0.2, 0) is 16.0 Å². The summed E-state index contributed by atoms with van der Waals surface area (Å²) in [4.78, 5) is 25.6. The number of anilines is 2. The average molecular weight is 419 g/mol. The summed E-state index contributed by atoms with van der Waals surface area (Å²) in [5, 5.41) is 5.82. The average Bonchev–Trinajstić information content (AvgIpc) is 2.63. The largest absolute Gasteiger partial charge is 0.321 e. The van der Waals surface area contributed by atoms with Crippen LogP contribution in [0.15, 0.2) is 53.0 Å². The first-order valence-electron chi connectivity index (χ1n) is 8.67. The maximum atomic E-state index is 12.4. The molecular weight excluding hydrogens is 394 g/mol. The van der Waals surface area contributed by atoms with Gasteiger partial charge in [0, 0.05) is 15.8 Å². The lowest BCUT2D eigenvalue weighted by molar-refractivity contribution is -0.885. The standard InChI is InChI=1S/C20H24BrN3O2/c1-4-15-7-5-6-8-18(15)23-19(25)13-24(3)14(2)20(26)22-17-11-9-16(21)10-12-17/h5-12,14H,4,13H2,1-3H3,(H,22,26)(H,23,25)/p+1/t14-/m0/s1. The van der Waals surface area contributed by atoms with Gasteiger partial charge < -0.3 is 15.5 Å². The molecule has 138 valence electrons. The van der Waals surface area contributed by atoms with Crippen molar-refractivity contribution in [2.75, 3.05) is 24.2 Å². The van der Waals surface area contributed by atoms with Gasteiger partial charge in [-0.05, 0) is 49.2 Å². The highest BCUT2D eigenvalue weighted by molar-refractivity contribution is 9.10. The van der Waals surface area contributed by atoms with Crippen LogP contribution in [0.5, 0.6) is 0 Å². The number of nitrogens with one attached hydrogen (secondary N) is 3. The van der Waals surface area contributed by atoms with E-state index in [4.69, 9.17) is 0 Å². The quantitative estimate of drug-likeness (QED) is 0.646. The van der Waals surface area contributed by atoms with Gasteiger partial charge in [-0.3, -0.25) is 9.59 Å². The minimum Gasteiger partial charge on any atom is -0.321 e. The number of aryl methyl sites for hydroxylation is 1. The van der Waals surface area contributed by atoms with Crippen LogP contribution in [-0.4, -0.2) is 31.4 Å². The summed E-state index contributed by atoms with van der Waals surface area (Å²) in [5.41, 5.74) is 2.67. The highest BCUT2D eigenvalue weighted by atomic mass is 79.9. The van der Waals surface area contributed by atoms with Crippen LogP contribution in [0.4, 0.5) is 11.4 Å². The number of para-hydroxylation sites is 1. The van der Waals surface area contributed by atoms with Crippen molar-refractivity contribution in [3.05, 3.63) is 58.6 Å². The summed E-state index contributed by atoms with van der Waals surface area (Å²) < 4.78 is 0.954. The molecule has 0 saturated carbocycles. The summed E-state index contributed by atoms with van der Waals surface area (Å²) in [6.45, 7) is 4.08. The number of likely N-dealkylation sites (N-methyl/N-ethyl adjacent to an activating group) is 1. The van der Waals surface area contributed by atoms with Gasteiger partial charge in [0.15, 0.2) is 12.6 Å². The van der Waals surface area contributed by atoms with E-state index in [1.54, 1.807) is 0 Å². The topological polar surface area (TPSA) is 62.6 Å². The first-order chi connectivity index (χ1) is 12.4. The fourth-order valence-corrected chi connectivity index (χ4v) is 2.82. The van der Waals surface area contributed by atoms with E-state index in [1.165, 1.54) is 0 Å². The Morgan fingerprint density at radius 1 is 1.08 bits per heavy atom. The molecule has 0 radical (unpaired) electrons. The van der Waals surface area contributed by atoms with E-state index in [2.05, 4.69) is 33.5 Å². The Morgan fingerprint density at radius 3 is 2.38 bits per heavy atom. The second-order valence-electron chi connectivity index (χ2n) is 6.30. The lowest BCUT2D eigenvalue weighted by atomic mass is 10.1. The molecule has 2 rings (SSSR count). The molecule has 2 amide bonds. The number of carbonyl (C=O) groups excluding carboxylic acids is 2. The molecule has 26 heavy (non-hydrogen) atoms. The van der Waals surface area contributed by atoms with Crippen molar-refractivity contribution in [3.63, 3.8) is 0 Å². The van der Waals surface area contributed by atoms with E-state index in [1.807, 2.05) is 62.5 Å². The summed E-state index contributed by atoms with van der Waals surface area (Å²) in [7, 11) is 1.84. The molecule has 0 aromatic heterocycles. The molecule has 0 bridgehead atoms. The van der Waals surface area contributed by atoms with Crippen LogP contribution in [0.1, 0.15) is 19.4 Å². The molecule has 2 atom stereocenters. The Balaban J connectivity index is 1.90. The highest BCUT2D eigenvalue weighted by Gasteiger charge is 2.24. The zero-order chi connectivity index (χ0) is 19.1. The molecule has 0 aliphatic carbocycles. The van der Waals surface area contributed by atoms with Crippen molar-refractivity contribution in [3.8, 4) is 0 Å².